The van der Waals surface area contributed by atoms with Crippen molar-refractivity contribution in [3.8, 4) is 0 Å². The van der Waals surface area contributed by atoms with Gasteiger partial charge in [-0.05, 0) is 55.6 Å². The largest absolute Gasteiger partial charge is 0.325 e. The van der Waals surface area contributed by atoms with E-state index in [0.29, 0.717) is 22.4 Å². The third-order valence-corrected chi connectivity index (χ3v) is 5.94. The van der Waals surface area contributed by atoms with Crippen molar-refractivity contribution in [1.29, 1.82) is 0 Å². The molecule has 2 N–H and O–H groups in total. The van der Waals surface area contributed by atoms with Gasteiger partial charge < -0.3 is 5.73 Å². The van der Waals surface area contributed by atoms with Gasteiger partial charge in [0.1, 0.15) is 5.82 Å². The molecule has 1 aliphatic carbocycles. The highest BCUT2D eigenvalue weighted by molar-refractivity contribution is 6.31. The Labute approximate surface area is 133 Å². The lowest BCUT2D eigenvalue weighted by Gasteiger charge is -2.43. The van der Waals surface area contributed by atoms with Crippen molar-refractivity contribution in [3.05, 3.63) is 34.6 Å². The van der Waals surface area contributed by atoms with Crippen molar-refractivity contribution in [2.24, 2.45) is 17.1 Å². The molecular weight excluding hydrogens is 285 g/mol. The predicted octanol–water partition coefficient (Wildman–Crippen LogP) is 5.35. The van der Waals surface area contributed by atoms with E-state index in [-0.39, 0.29) is 11.4 Å². The van der Waals surface area contributed by atoms with Crippen molar-refractivity contribution in [3.63, 3.8) is 0 Å². The van der Waals surface area contributed by atoms with Crippen LogP contribution in [0.15, 0.2) is 18.2 Å². The molecule has 2 rings (SSSR count). The minimum absolute atomic E-state index is 0.233. The molecule has 0 amide bonds. The van der Waals surface area contributed by atoms with Crippen LogP contribution >= 0.6 is 11.6 Å². The van der Waals surface area contributed by atoms with Gasteiger partial charge in [-0.1, -0.05) is 44.9 Å². The molecule has 1 nitrogen and oxygen atoms in total. The molecule has 0 unspecified atom stereocenters. The van der Waals surface area contributed by atoms with Crippen molar-refractivity contribution in [1.82, 2.24) is 0 Å². The van der Waals surface area contributed by atoms with E-state index in [4.69, 9.17) is 17.3 Å². The van der Waals surface area contributed by atoms with Crippen LogP contribution in [0.25, 0.3) is 0 Å². The van der Waals surface area contributed by atoms with Crippen molar-refractivity contribution in [2.45, 2.75) is 64.8 Å². The van der Waals surface area contributed by atoms with E-state index in [1.54, 1.807) is 12.1 Å². The molecule has 1 fully saturated rings. The smallest absolute Gasteiger partial charge is 0.127 e. The zero-order chi connectivity index (χ0) is 15.7. The maximum absolute atomic E-state index is 14.0. The molecule has 0 heterocycles. The molecule has 21 heavy (non-hydrogen) atoms. The van der Waals surface area contributed by atoms with Crippen LogP contribution in [0.3, 0.4) is 0 Å². The van der Waals surface area contributed by atoms with E-state index < -0.39 is 0 Å². The summed E-state index contributed by atoms with van der Waals surface area (Å²) in [4.78, 5) is 0. The third-order valence-electron chi connectivity index (χ3n) is 5.59. The Morgan fingerprint density at radius 2 is 1.95 bits per heavy atom. The first kappa shape index (κ1) is 16.8. The summed E-state index contributed by atoms with van der Waals surface area (Å²) in [6.45, 7) is 6.94. The van der Waals surface area contributed by atoms with E-state index in [9.17, 15) is 4.39 Å². The molecular formula is C18H27ClFN. The van der Waals surface area contributed by atoms with Gasteiger partial charge in [-0.15, -0.1) is 0 Å². The summed E-state index contributed by atoms with van der Waals surface area (Å²) in [7, 11) is 0. The molecule has 1 aliphatic rings. The average Bonchev–Trinajstić information content (AvgIpc) is 2.44. The van der Waals surface area contributed by atoms with Crippen LogP contribution in [0.1, 0.15) is 58.4 Å². The summed E-state index contributed by atoms with van der Waals surface area (Å²) < 4.78 is 14.0. The highest BCUT2D eigenvalue weighted by Gasteiger charge is 2.38. The van der Waals surface area contributed by atoms with E-state index in [0.717, 1.165) is 31.6 Å². The van der Waals surface area contributed by atoms with Gasteiger partial charge in [-0.3, -0.25) is 0 Å². The van der Waals surface area contributed by atoms with Gasteiger partial charge in [0.2, 0.25) is 0 Å². The molecule has 0 radical (unpaired) electrons. The summed E-state index contributed by atoms with van der Waals surface area (Å²) in [6, 6.07) is 4.86. The number of benzene rings is 1. The first-order chi connectivity index (χ1) is 9.77. The van der Waals surface area contributed by atoms with Gasteiger partial charge >= 0.3 is 0 Å². The molecule has 0 atom stereocenters. The molecule has 0 aliphatic heterocycles. The molecule has 1 saturated carbocycles. The number of nitrogens with two attached hydrogens (primary N) is 1. The first-order valence-electron chi connectivity index (χ1n) is 7.99. The molecule has 0 aromatic heterocycles. The fourth-order valence-electron chi connectivity index (χ4n) is 3.49. The van der Waals surface area contributed by atoms with Crippen LogP contribution in [0.2, 0.25) is 5.02 Å². The van der Waals surface area contributed by atoms with Gasteiger partial charge in [0.15, 0.2) is 0 Å². The van der Waals surface area contributed by atoms with Crippen LogP contribution in [-0.4, -0.2) is 5.54 Å². The Hall–Kier alpha value is -0.600. The number of rotatable bonds is 4. The second-order valence-electron chi connectivity index (χ2n) is 7.36. The third kappa shape index (κ3) is 3.78. The Bertz CT molecular complexity index is 470. The quantitative estimate of drug-likeness (QED) is 0.797. The second kappa shape index (κ2) is 6.26. The monoisotopic (exact) mass is 311 g/mol. The maximum atomic E-state index is 14.0. The van der Waals surface area contributed by atoms with Crippen molar-refractivity contribution in [2.75, 3.05) is 0 Å². The minimum Gasteiger partial charge on any atom is -0.325 e. The SMILES string of the molecule is CCC(C)(C)C1CCC(N)(Cc2c(F)cccc2Cl)CC1. The lowest BCUT2D eigenvalue weighted by Crippen LogP contribution is -2.47. The van der Waals surface area contributed by atoms with Crippen LogP contribution in [0, 0.1) is 17.2 Å². The Balaban J connectivity index is 2.06. The minimum atomic E-state index is -0.313. The van der Waals surface area contributed by atoms with Crippen LogP contribution < -0.4 is 5.73 Å². The lowest BCUT2D eigenvalue weighted by atomic mass is 9.65. The van der Waals surface area contributed by atoms with Gasteiger partial charge in [0.05, 0.1) is 0 Å². The summed E-state index contributed by atoms with van der Waals surface area (Å²) >= 11 is 6.14. The summed E-state index contributed by atoms with van der Waals surface area (Å²) in [6.07, 6.45) is 5.89. The standard InChI is InChI=1S/C18H27ClFN/c1-4-17(2,3)13-8-10-18(21,11-9-13)12-14-15(19)6-5-7-16(14)20/h5-7,13H,4,8-12,21H2,1-3H3. The Kier molecular flexibility index (Phi) is 4.99. The maximum Gasteiger partial charge on any atom is 0.127 e. The van der Waals surface area contributed by atoms with E-state index in [1.165, 1.54) is 12.5 Å². The first-order valence-corrected chi connectivity index (χ1v) is 8.37. The molecule has 1 aromatic rings. The van der Waals surface area contributed by atoms with Crippen LogP contribution in [0.4, 0.5) is 4.39 Å². The van der Waals surface area contributed by atoms with Crippen LogP contribution in [-0.2, 0) is 6.42 Å². The topological polar surface area (TPSA) is 26.0 Å². The Morgan fingerprint density at radius 1 is 1.33 bits per heavy atom. The summed E-state index contributed by atoms with van der Waals surface area (Å²) in [5.41, 5.74) is 7.19. The molecule has 1 aromatic carbocycles. The van der Waals surface area contributed by atoms with Gasteiger partial charge in [0, 0.05) is 16.1 Å². The lowest BCUT2D eigenvalue weighted by molar-refractivity contribution is 0.115. The van der Waals surface area contributed by atoms with E-state index >= 15 is 0 Å². The van der Waals surface area contributed by atoms with Crippen molar-refractivity contribution < 1.29 is 4.39 Å². The predicted molar refractivity (Wildman–Crippen MR) is 88.1 cm³/mol. The fraction of sp³-hybridized carbons (Fsp3) is 0.667. The zero-order valence-electron chi connectivity index (χ0n) is 13.4. The molecule has 3 heteroatoms. The fourth-order valence-corrected chi connectivity index (χ4v) is 3.72. The molecule has 118 valence electrons. The average molecular weight is 312 g/mol. The van der Waals surface area contributed by atoms with E-state index in [2.05, 4.69) is 20.8 Å². The zero-order valence-corrected chi connectivity index (χ0v) is 14.1. The highest BCUT2D eigenvalue weighted by Crippen LogP contribution is 2.44. The van der Waals surface area contributed by atoms with Gasteiger partial charge in [0.25, 0.3) is 0 Å². The van der Waals surface area contributed by atoms with Gasteiger partial charge in [-0.2, -0.15) is 0 Å². The molecule has 0 saturated heterocycles. The number of hydrogen-bond acceptors (Lipinski definition) is 1. The highest BCUT2D eigenvalue weighted by atomic mass is 35.5. The summed E-state index contributed by atoms with van der Waals surface area (Å²) in [5.74, 6) is 0.485. The molecule has 0 spiro atoms. The number of hydrogen-bond donors (Lipinski definition) is 1. The Morgan fingerprint density at radius 3 is 2.48 bits per heavy atom. The second-order valence-corrected chi connectivity index (χ2v) is 7.76. The van der Waals surface area contributed by atoms with Crippen LogP contribution in [0.5, 0.6) is 0 Å². The summed E-state index contributed by atoms with van der Waals surface area (Å²) in [5, 5.41) is 0.496. The van der Waals surface area contributed by atoms with Gasteiger partial charge in [-0.25, -0.2) is 4.39 Å². The normalized spacial score (nSPS) is 26.9. The van der Waals surface area contributed by atoms with E-state index in [1.807, 2.05) is 0 Å². The number of halogens is 2. The molecule has 0 bridgehead atoms. The van der Waals surface area contributed by atoms with Crippen molar-refractivity contribution >= 4 is 11.6 Å².